The fraction of sp³-hybridized carbons (Fsp3) is 0.235. The molecule has 2 amide bonds. The van der Waals surface area contributed by atoms with Gasteiger partial charge in [0.05, 0.1) is 27.7 Å². The van der Waals surface area contributed by atoms with Crippen LogP contribution in [0.25, 0.3) is 21.1 Å². The number of thioether (sulfide) groups is 1. The fourth-order valence-electron chi connectivity index (χ4n) is 2.23. The van der Waals surface area contributed by atoms with Gasteiger partial charge in [-0.05, 0) is 29.8 Å². The van der Waals surface area contributed by atoms with E-state index < -0.39 is 0 Å². The summed E-state index contributed by atoms with van der Waals surface area (Å²) in [4.78, 5) is 33.5. The molecule has 0 radical (unpaired) electrons. The number of imidazole rings is 1. The molecule has 6 nitrogen and oxygen atoms in total. The number of nitrogens with one attached hydrogen (secondary N) is 3. The minimum Gasteiger partial charge on any atom is -0.355 e. The summed E-state index contributed by atoms with van der Waals surface area (Å²) < 4.78 is 0. The van der Waals surface area contributed by atoms with Gasteiger partial charge in [0, 0.05) is 6.54 Å². The van der Waals surface area contributed by atoms with Crippen molar-refractivity contribution in [1.29, 1.82) is 0 Å². The zero-order valence-corrected chi connectivity index (χ0v) is 16.5. The maximum Gasteiger partial charge on any atom is 0.239 e. The number of H-pyrrole nitrogens is 1. The fourth-order valence-corrected chi connectivity index (χ4v) is 4.38. The Morgan fingerprint density at radius 2 is 1.85 bits per heavy atom. The molecule has 0 unspecified atom stereocenters. The molecule has 26 heavy (non-hydrogen) atoms. The number of carbonyl (C=O) groups excluding carboxylic acids is 2. The summed E-state index contributed by atoms with van der Waals surface area (Å²) in [6, 6.07) is 8.07. The Morgan fingerprint density at radius 1 is 1.12 bits per heavy atom. The molecule has 3 aromatic heterocycles. The predicted molar refractivity (Wildman–Crippen MR) is 108 cm³/mol. The van der Waals surface area contributed by atoms with Gasteiger partial charge >= 0.3 is 0 Å². The molecule has 0 fully saturated rings. The van der Waals surface area contributed by atoms with Crippen molar-refractivity contribution in [1.82, 2.24) is 20.6 Å². The van der Waals surface area contributed by atoms with Gasteiger partial charge in [0.15, 0.2) is 5.16 Å². The molecule has 3 N–H and O–H groups in total. The average Bonchev–Trinajstić information content (AvgIpc) is 3.38. The molecule has 136 valence electrons. The van der Waals surface area contributed by atoms with Crippen LogP contribution in [0.5, 0.6) is 0 Å². The van der Waals surface area contributed by atoms with Gasteiger partial charge in [-0.2, -0.15) is 0 Å². The summed E-state index contributed by atoms with van der Waals surface area (Å²) in [5.41, 5.74) is 1.86. The van der Waals surface area contributed by atoms with E-state index in [2.05, 4.69) is 20.6 Å². The van der Waals surface area contributed by atoms with E-state index in [1.807, 2.05) is 41.9 Å². The number of hydrogen-bond donors (Lipinski definition) is 3. The van der Waals surface area contributed by atoms with Crippen LogP contribution in [-0.2, 0) is 9.59 Å². The van der Waals surface area contributed by atoms with Gasteiger partial charge in [-0.3, -0.25) is 9.59 Å². The van der Waals surface area contributed by atoms with Gasteiger partial charge in [0.1, 0.15) is 5.69 Å². The molecule has 3 rings (SSSR count). The summed E-state index contributed by atoms with van der Waals surface area (Å²) in [5, 5.41) is 9.97. The van der Waals surface area contributed by atoms with E-state index in [0.29, 0.717) is 11.7 Å². The van der Waals surface area contributed by atoms with Crippen molar-refractivity contribution in [3.63, 3.8) is 0 Å². The lowest BCUT2D eigenvalue weighted by Crippen LogP contribution is -2.37. The first-order valence-electron chi connectivity index (χ1n) is 8.01. The number of nitrogens with zero attached hydrogens (tertiary/aromatic N) is 1. The molecular formula is C17H18N4O2S3. The Morgan fingerprint density at radius 3 is 2.50 bits per heavy atom. The topological polar surface area (TPSA) is 86.9 Å². The molecule has 3 heterocycles. The molecular weight excluding hydrogens is 388 g/mol. The lowest BCUT2D eigenvalue weighted by molar-refractivity contribution is -0.124. The first-order chi connectivity index (χ1) is 12.7. The van der Waals surface area contributed by atoms with Crippen molar-refractivity contribution in [2.75, 3.05) is 18.8 Å². The van der Waals surface area contributed by atoms with Crippen LogP contribution in [0.4, 0.5) is 0 Å². The highest BCUT2D eigenvalue weighted by molar-refractivity contribution is 7.99. The maximum absolute atomic E-state index is 11.9. The second-order valence-corrected chi connectivity index (χ2v) is 8.10. The standard InChI is InChI=1S/C17H18N4O2S3/c1-2-18-13(22)9-19-14(23)10-26-17-20-15(11-5-3-7-24-11)16(21-17)12-6-4-8-25-12/h3-8H,2,9-10H2,1H3,(H,18,22)(H,19,23)(H,20,21). The van der Waals surface area contributed by atoms with Gasteiger partial charge in [0.2, 0.25) is 11.8 Å². The summed E-state index contributed by atoms with van der Waals surface area (Å²) >= 11 is 4.59. The molecule has 0 aliphatic carbocycles. The van der Waals surface area contributed by atoms with Crippen molar-refractivity contribution in [3.8, 4) is 21.1 Å². The van der Waals surface area contributed by atoms with E-state index in [1.165, 1.54) is 11.8 Å². The number of hydrogen-bond acceptors (Lipinski definition) is 6. The lowest BCUT2D eigenvalue weighted by Gasteiger charge is -2.04. The molecule has 9 heteroatoms. The molecule has 0 bridgehead atoms. The second-order valence-electron chi connectivity index (χ2n) is 5.24. The van der Waals surface area contributed by atoms with Crippen LogP contribution in [0.3, 0.4) is 0 Å². The van der Waals surface area contributed by atoms with Crippen molar-refractivity contribution in [2.45, 2.75) is 12.1 Å². The number of rotatable bonds is 8. The van der Waals surface area contributed by atoms with Gasteiger partial charge < -0.3 is 15.6 Å². The number of carbonyl (C=O) groups is 2. The minimum absolute atomic E-state index is 0.00766. The summed E-state index contributed by atoms with van der Waals surface area (Å²) in [6.07, 6.45) is 0. The molecule has 0 aromatic carbocycles. The van der Waals surface area contributed by atoms with Crippen LogP contribution >= 0.6 is 34.4 Å². The quantitative estimate of drug-likeness (QED) is 0.501. The van der Waals surface area contributed by atoms with Crippen LogP contribution in [0.1, 0.15) is 6.92 Å². The van der Waals surface area contributed by atoms with E-state index in [-0.39, 0.29) is 24.1 Å². The first kappa shape index (κ1) is 18.7. The SMILES string of the molecule is CCNC(=O)CNC(=O)CSc1nc(-c2cccs2)c(-c2cccs2)[nH]1. The zero-order valence-electron chi connectivity index (χ0n) is 14.1. The maximum atomic E-state index is 11.9. The Hall–Kier alpha value is -2.10. The largest absolute Gasteiger partial charge is 0.355 e. The highest BCUT2D eigenvalue weighted by Gasteiger charge is 2.16. The van der Waals surface area contributed by atoms with Crippen molar-refractivity contribution in [3.05, 3.63) is 35.0 Å². The van der Waals surface area contributed by atoms with E-state index in [4.69, 9.17) is 0 Å². The number of thiophene rings is 2. The Labute approximate surface area is 163 Å². The highest BCUT2D eigenvalue weighted by atomic mass is 32.2. The minimum atomic E-state index is -0.201. The Balaban J connectivity index is 1.66. The van der Waals surface area contributed by atoms with E-state index in [0.717, 1.165) is 21.1 Å². The van der Waals surface area contributed by atoms with Gasteiger partial charge in [-0.25, -0.2) is 4.98 Å². The van der Waals surface area contributed by atoms with Crippen LogP contribution < -0.4 is 10.6 Å². The van der Waals surface area contributed by atoms with Gasteiger partial charge in [-0.1, -0.05) is 23.9 Å². The second kappa shape index (κ2) is 9.02. The monoisotopic (exact) mass is 406 g/mol. The van der Waals surface area contributed by atoms with E-state index in [1.54, 1.807) is 22.7 Å². The highest BCUT2D eigenvalue weighted by Crippen LogP contribution is 2.36. The third kappa shape index (κ3) is 4.75. The number of aromatic amines is 1. The van der Waals surface area contributed by atoms with Crippen molar-refractivity contribution in [2.24, 2.45) is 0 Å². The third-order valence-corrected chi connectivity index (χ3v) is 6.00. The number of amides is 2. The Kier molecular flexibility index (Phi) is 6.48. The van der Waals surface area contributed by atoms with Gasteiger partial charge in [-0.15, -0.1) is 22.7 Å². The summed E-state index contributed by atoms with van der Waals surface area (Å²) in [7, 11) is 0. The number of aromatic nitrogens is 2. The Bertz CT molecular complexity index is 805. The third-order valence-electron chi connectivity index (χ3n) is 3.36. The van der Waals surface area contributed by atoms with E-state index >= 15 is 0 Å². The zero-order chi connectivity index (χ0) is 18.4. The predicted octanol–water partition coefficient (Wildman–Crippen LogP) is 3.21. The van der Waals surface area contributed by atoms with Crippen LogP contribution in [-0.4, -0.2) is 40.6 Å². The molecule has 0 spiro atoms. The van der Waals surface area contributed by atoms with Crippen LogP contribution in [0.2, 0.25) is 0 Å². The molecule has 0 saturated carbocycles. The number of likely N-dealkylation sites (N-methyl/N-ethyl adjacent to an activating group) is 1. The molecule has 0 atom stereocenters. The van der Waals surface area contributed by atoms with Crippen LogP contribution in [0.15, 0.2) is 40.2 Å². The molecule has 0 aliphatic heterocycles. The first-order valence-corrected chi connectivity index (χ1v) is 10.8. The van der Waals surface area contributed by atoms with Crippen molar-refractivity contribution >= 4 is 46.2 Å². The molecule has 0 aliphatic rings. The average molecular weight is 407 g/mol. The molecule has 0 saturated heterocycles. The lowest BCUT2D eigenvalue weighted by atomic mass is 10.2. The van der Waals surface area contributed by atoms with E-state index in [9.17, 15) is 9.59 Å². The summed E-state index contributed by atoms with van der Waals surface area (Å²) in [5.74, 6) is -0.197. The van der Waals surface area contributed by atoms with Gasteiger partial charge in [0.25, 0.3) is 0 Å². The normalized spacial score (nSPS) is 10.7. The van der Waals surface area contributed by atoms with Crippen LogP contribution in [0, 0.1) is 0 Å². The van der Waals surface area contributed by atoms with Crippen molar-refractivity contribution < 1.29 is 9.59 Å². The summed E-state index contributed by atoms with van der Waals surface area (Å²) in [6.45, 7) is 2.38. The smallest absolute Gasteiger partial charge is 0.239 e. The molecule has 3 aromatic rings.